The molecule has 0 amide bonds. The molecule has 1 aromatic carbocycles. The number of nitrogens with two attached hydrogens (primary N) is 1. The van der Waals surface area contributed by atoms with Crippen molar-refractivity contribution >= 4 is 11.4 Å². The molecule has 94 valence electrons. The van der Waals surface area contributed by atoms with Gasteiger partial charge in [0.25, 0.3) is 5.69 Å². The van der Waals surface area contributed by atoms with E-state index in [0.29, 0.717) is 12.1 Å². The van der Waals surface area contributed by atoms with Gasteiger partial charge in [-0.15, -0.1) is 0 Å². The first-order chi connectivity index (χ1) is 8.08. The van der Waals surface area contributed by atoms with E-state index in [9.17, 15) is 10.1 Å². The van der Waals surface area contributed by atoms with Gasteiger partial charge in [-0.3, -0.25) is 10.1 Å². The molecule has 5 nitrogen and oxygen atoms in total. The van der Waals surface area contributed by atoms with Gasteiger partial charge in [0.05, 0.1) is 4.92 Å². The zero-order chi connectivity index (χ0) is 12.8. The molecule has 0 saturated heterocycles. The predicted molar refractivity (Wildman–Crippen MR) is 69.2 cm³/mol. The lowest BCUT2D eigenvalue weighted by Crippen LogP contribution is -2.28. The van der Waals surface area contributed by atoms with Gasteiger partial charge in [0.1, 0.15) is 0 Å². The number of anilines is 1. The van der Waals surface area contributed by atoms with Crippen molar-refractivity contribution in [1.29, 1.82) is 0 Å². The highest BCUT2D eigenvalue weighted by Crippen LogP contribution is 2.22. The van der Waals surface area contributed by atoms with E-state index in [1.54, 1.807) is 19.1 Å². The number of benzene rings is 1. The van der Waals surface area contributed by atoms with E-state index in [1.165, 1.54) is 6.07 Å². The molecule has 1 atom stereocenters. The zero-order valence-electron chi connectivity index (χ0n) is 10.3. The Hall–Kier alpha value is -1.62. The van der Waals surface area contributed by atoms with Gasteiger partial charge < -0.3 is 11.1 Å². The van der Waals surface area contributed by atoms with E-state index in [1.807, 2.05) is 0 Å². The third kappa shape index (κ3) is 3.71. The van der Waals surface area contributed by atoms with Crippen LogP contribution in [0.25, 0.3) is 0 Å². The highest BCUT2D eigenvalue weighted by Gasteiger charge is 2.11. The van der Waals surface area contributed by atoms with E-state index in [-0.39, 0.29) is 16.7 Å². The number of nitrogens with one attached hydrogen (secondary N) is 1. The number of nitro benzene ring substituents is 1. The van der Waals surface area contributed by atoms with Crippen LogP contribution in [0.15, 0.2) is 18.2 Å². The normalized spacial score (nSPS) is 12.2. The number of rotatable bonds is 6. The average molecular weight is 237 g/mol. The summed E-state index contributed by atoms with van der Waals surface area (Å²) in [6.07, 6.45) is 2.05. The van der Waals surface area contributed by atoms with Crippen LogP contribution in [0.3, 0.4) is 0 Å². The Morgan fingerprint density at radius 3 is 2.71 bits per heavy atom. The summed E-state index contributed by atoms with van der Waals surface area (Å²) < 4.78 is 0. The molecule has 0 saturated carbocycles. The Balaban J connectivity index is 2.79. The zero-order valence-corrected chi connectivity index (χ0v) is 10.3. The van der Waals surface area contributed by atoms with Gasteiger partial charge in [-0.05, 0) is 25.5 Å². The molecule has 5 heteroatoms. The lowest BCUT2D eigenvalue weighted by Gasteiger charge is -2.17. The molecule has 0 fully saturated rings. The lowest BCUT2D eigenvalue weighted by atomic mass is 10.1. The van der Waals surface area contributed by atoms with Crippen LogP contribution >= 0.6 is 0 Å². The molecule has 0 radical (unpaired) electrons. The van der Waals surface area contributed by atoms with Crippen molar-refractivity contribution < 1.29 is 4.92 Å². The minimum Gasteiger partial charge on any atom is -0.381 e. The number of nitrogens with zero attached hydrogens (tertiary/aromatic N) is 1. The summed E-state index contributed by atoms with van der Waals surface area (Å²) in [4.78, 5) is 10.3. The molecule has 0 aliphatic carbocycles. The highest BCUT2D eigenvalue weighted by atomic mass is 16.6. The molecule has 0 bridgehead atoms. The predicted octanol–water partition coefficient (Wildman–Crippen LogP) is 2.44. The molecule has 1 aromatic rings. The Labute approximate surface area is 101 Å². The number of hydrogen-bond acceptors (Lipinski definition) is 4. The Kier molecular flexibility index (Phi) is 4.90. The molecule has 0 aliphatic heterocycles. The molecule has 3 N–H and O–H groups in total. The molecule has 0 aromatic heterocycles. The van der Waals surface area contributed by atoms with Crippen LogP contribution in [0.4, 0.5) is 11.4 Å². The van der Waals surface area contributed by atoms with Gasteiger partial charge in [-0.1, -0.05) is 13.3 Å². The van der Waals surface area contributed by atoms with E-state index in [4.69, 9.17) is 5.73 Å². The molecule has 17 heavy (non-hydrogen) atoms. The monoisotopic (exact) mass is 237 g/mol. The van der Waals surface area contributed by atoms with Crippen LogP contribution in [-0.4, -0.2) is 17.5 Å². The first-order valence-corrected chi connectivity index (χ1v) is 5.80. The minimum absolute atomic E-state index is 0.148. The molecule has 1 unspecified atom stereocenters. The molecule has 0 aliphatic rings. The first kappa shape index (κ1) is 13.4. The second kappa shape index (κ2) is 6.20. The maximum absolute atomic E-state index is 10.7. The third-order valence-electron chi connectivity index (χ3n) is 2.69. The van der Waals surface area contributed by atoms with Crippen LogP contribution in [0.1, 0.15) is 25.3 Å². The van der Waals surface area contributed by atoms with E-state index < -0.39 is 0 Å². The van der Waals surface area contributed by atoms with Gasteiger partial charge in [0.2, 0.25) is 0 Å². The van der Waals surface area contributed by atoms with Crippen molar-refractivity contribution in [3.63, 3.8) is 0 Å². The average Bonchev–Trinajstić information content (AvgIpc) is 2.28. The number of hydrogen-bond donors (Lipinski definition) is 2. The number of aryl methyl sites for hydroxylation is 1. The fraction of sp³-hybridized carbons (Fsp3) is 0.500. The van der Waals surface area contributed by atoms with Crippen LogP contribution in [0.5, 0.6) is 0 Å². The molecular weight excluding hydrogens is 218 g/mol. The topological polar surface area (TPSA) is 81.2 Å². The third-order valence-corrected chi connectivity index (χ3v) is 2.69. The maximum Gasteiger partial charge on any atom is 0.272 e. The fourth-order valence-electron chi connectivity index (χ4n) is 1.78. The van der Waals surface area contributed by atoms with Crippen molar-refractivity contribution in [3.05, 3.63) is 33.9 Å². The summed E-state index contributed by atoms with van der Waals surface area (Å²) in [6, 6.07) is 5.26. The van der Waals surface area contributed by atoms with Gasteiger partial charge in [-0.25, -0.2) is 0 Å². The molecule has 0 spiro atoms. The lowest BCUT2D eigenvalue weighted by molar-refractivity contribution is -0.385. The number of nitro groups is 1. The summed E-state index contributed by atoms with van der Waals surface area (Å²) >= 11 is 0. The molecule has 1 rings (SSSR count). The summed E-state index contributed by atoms with van der Waals surface area (Å²) in [5.41, 5.74) is 7.35. The van der Waals surface area contributed by atoms with E-state index in [2.05, 4.69) is 12.2 Å². The second-order valence-electron chi connectivity index (χ2n) is 4.12. The second-order valence-corrected chi connectivity index (χ2v) is 4.12. The summed E-state index contributed by atoms with van der Waals surface area (Å²) in [5, 5.41) is 14.0. The standard InChI is InChI=1S/C12H19N3O2/c1-3-4-11(8-13)14-10-5-6-12(15(16)17)9(2)7-10/h5-7,11,14H,3-4,8,13H2,1-2H3. The van der Waals surface area contributed by atoms with Crippen molar-refractivity contribution in [1.82, 2.24) is 0 Å². The summed E-state index contributed by atoms with van der Waals surface area (Å²) in [6.45, 7) is 4.40. The Bertz CT molecular complexity index is 393. The van der Waals surface area contributed by atoms with Gasteiger partial charge in [-0.2, -0.15) is 0 Å². The largest absolute Gasteiger partial charge is 0.381 e. The molecule has 0 heterocycles. The van der Waals surface area contributed by atoms with Crippen LogP contribution in [-0.2, 0) is 0 Å². The van der Waals surface area contributed by atoms with E-state index in [0.717, 1.165) is 18.5 Å². The smallest absolute Gasteiger partial charge is 0.272 e. The highest BCUT2D eigenvalue weighted by molar-refractivity contribution is 5.54. The van der Waals surface area contributed by atoms with Gasteiger partial charge in [0.15, 0.2) is 0 Å². The van der Waals surface area contributed by atoms with Crippen LogP contribution in [0.2, 0.25) is 0 Å². The van der Waals surface area contributed by atoms with Gasteiger partial charge >= 0.3 is 0 Å². The fourth-order valence-corrected chi connectivity index (χ4v) is 1.78. The molecular formula is C12H19N3O2. The van der Waals surface area contributed by atoms with Crippen LogP contribution < -0.4 is 11.1 Å². The Morgan fingerprint density at radius 1 is 1.53 bits per heavy atom. The van der Waals surface area contributed by atoms with Crippen molar-refractivity contribution in [2.24, 2.45) is 5.73 Å². The van der Waals surface area contributed by atoms with Crippen molar-refractivity contribution in [2.45, 2.75) is 32.7 Å². The van der Waals surface area contributed by atoms with Crippen LogP contribution in [0, 0.1) is 17.0 Å². The van der Waals surface area contributed by atoms with E-state index >= 15 is 0 Å². The first-order valence-electron chi connectivity index (χ1n) is 5.80. The van der Waals surface area contributed by atoms with Crippen molar-refractivity contribution in [2.75, 3.05) is 11.9 Å². The Morgan fingerprint density at radius 2 is 2.24 bits per heavy atom. The van der Waals surface area contributed by atoms with Gasteiger partial charge in [0, 0.05) is 29.9 Å². The summed E-state index contributed by atoms with van der Waals surface area (Å²) in [7, 11) is 0. The maximum atomic E-state index is 10.7. The SMILES string of the molecule is CCCC(CN)Nc1ccc([N+](=O)[O-])c(C)c1. The summed E-state index contributed by atoms with van der Waals surface area (Å²) in [5.74, 6) is 0. The van der Waals surface area contributed by atoms with Crippen molar-refractivity contribution in [3.8, 4) is 0 Å². The minimum atomic E-state index is -0.369. The quantitative estimate of drug-likeness (QED) is 0.588.